The summed E-state index contributed by atoms with van der Waals surface area (Å²) >= 11 is 0. The number of ether oxygens (including phenoxy) is 2. The van der Waals surface area contributed by atoms with Crippen LogP contribution in [0.3, 0.4) is 0 Å². The minimum absolute atomic E-state index is 0.738. The molecule has 4 nitrogen and oxygen atoms in total. The van der Waals surface area contributed by atoms with E-state index in [4.69, 9.17) is 15.2 Å². The highest BCUT2D eigenvalue weighted by atomic mass is 16.5. The fourth-order valence-corrected chi connectivity index (χ4v) is 1.87. The van der Waals surface area contributed by atoms with E-state index in [1.165, 1.54) is 11.1 Å². The summed E-state index contributed by atoms with van der Waals surface area (Å²) in [5.74, 6) is 1.58. The quantitative estimate of drug-likeness (QED) is 0.688. The Morgan fingerprint density at radius 3 is 2.39 bits per heavy atom. The molecule has 0 unspecified atom stereocenters. The van der Waals surface area contributed by atoms with Crippen molar-refractivity contribution in [3.8, 4) is 11.5 Å². The van der Waals surface area contributed by atoms with Crippen molar-refractivity contribution >= 4 is 0 Å². The van der Waals surface area contributed by atoms with Crippen molar-refractivity contribution in [2.75, 3.05) is 33.9 Å². The van der Waals surface area contributed by atoms with Gasteiger partial charge in [-0.15, -0.1) is 0 Å². The van der Waals surface area contributed by atoms with Crippen molar-refractivity contribution in [1.29, 1.82) is 0 Å². The van der Waals surface area contributed by atoms with Crippen LogP contribution in [0.25, 0.3) is 0 Å². The molecule has 0 heterocycles. The Kier molecular flexibility index (Phi) is 6.54. The lowest BCUT2D eigenvalue weighted by Gasteiger charge is -2.13. The lowest BCUT2D eigenvalue weighted by Crippen LogP contribution is -2.21. The van der Waals surface area contributed by atoms with Gasteiger partial charge in [-0.25, -0.2) is 0 Å². The Morgan fingerprint density at radius 1 is 1.11 bits per heavy atom. The van der Waals surface area contributed by atoms with E-state index in [9.17, 15) is 0 Å². The zero-order valence-corrected chi connectivity index (χ0v) is 11.6. The molecule has 1 rings (SSSR count). The Labute approximate surface area is 109 Å². The van der Waals surface area contributed by atoms with E-state index in [1.54, 1.807) is 14.2 Å². The zero-order valence-electron chi connectivity index (χ0n) is 11.6. The maximum Gasteiger partial charge on any atom is 0.161 e. The Bertz CT molecular complexity index is 367. The number of nitrogens with one attached hydrogen (secondary N) is 1. The minimum atomic E-state index is 0.738. The first-order valence-corrected chi connectivity index (χ1v) is 6.35. The third kappa shape index (κ3) is 4.20. The summed E-state index contributed by atoms with van der Waals surface area (Å²) in [6.07, 6.45) is 2.00. The molecule has 0 aliphatic rings. The van der Waals surface area contributed by atoms with E-state index in [1.807, 2.05) is 6.07 Å². The molecule has 0 aliphatic carbocycles. The number of methoxy groups -OCH3 is 2. The number of hydrogen-bond acceptors (Lipinski definition) is 4. The van der Waals surface area contributed by atoms with E-state index >= 15 is 0 Å². The summed E-state index contributed by atoms with van der Waals surface area (Å²) in [7, 11) is 3.32. The van der Waals surface area contributed by atoms with Crippen LogP contribution < -0.4 is 20.5 Å². The Hall–Kier alpha value is -1.26. The largest absolute Gasteiger partial charge is 0.493 e. The van der Waals surface area contributed by atoms with Crippen LogP contribution in [-0.2, 0) is 6.42 Å². The van der Waals surface area contributed by atoms with Gasteiger partial charge in [0, 0.05) is 0 Å². The molecule has 0 aromatic heterocycles. The molecule has 1 aromatic carbocycles. The van der Waals surface area contributed by atoms with E-state index in [-0.39, 0.29) is 0 Å². The van der Waals surface area contributed by atoms with E-state index in [0.717, 1.165) is 44.0 Å². The molecule has 3 N–H and O–H groups in total. The summed E-state index contributed by atoms with van der Waals surface area (Å²) in [6.45, 7) is 4.76. The van der Waals surface area contributed by atoms with Crippen LogP contribution in [0.15, 0.2) is 12.1 Å². The van der Waals surface area contributed by atoms with Gasteiger partial charge < -0.3 is 20.5 Å². The molecule has 4 heteroatoms. The second-order valence-corrected chi connectivity index (χ2v) is 4.28. The first-order chi connectivity index (χ1) is 8.72. The number of hydrogen-bond donors (Lipinski definition) is 2. The van der Waals surface area contributed by atoms with Crippen LogP contribution in [0.1, 0.15) is 17.5 Å². The van der Waals surface area contributed by atoms with Gasteiger partial charge in [0.25, 0.3) is 0 Å². The van der Waals surface area contributed by atoms with Crippen molar-refractivity contribution in [3.63, 3.8) is 0 Å². The normalized spacial score (nSPS) is 10.4. The summed E-state index contributed by atoms with van der Waals surface area (Å²) in [4.78, 5) is 0. The average Bonchev–Trinajstić information content (AvgIpc) is 2.39. The third-order valence-electron chi connectivity index (χ3n) is 2.97. The molecular formula is C14H24N2O2. The molecule has 0 fully saturated rings. The van der Waals surface area contributed by atoms with Gasteiger partial charge in [-0.2, -0.15) is 0 Å². The number of benzene rings is 1. The molecule has 0 saturated carbocycles. The maximum atomic E-state index is 5.45. The highest BCUT2D eigenvalue weighted by Gasteiger charge is 2.07. The van der Waals surface area contributed by atoms with Gasteiger partial charge in [-0.3, -0.25) is 0 Å². The second kappa shape index (κ2) is 7.95. The summed E-state index contributed by atoms with van der Waals surface area (Å²) in [6, 6.07) is 4.08. The smallest absolute Gasteiger partial charge is 0.161 e. The summed E-state index contributed by atoms with van der Waals surface area (Å²) in [5, 5.41) is 3.38. The first-order valence-electron chi connectivity index (χ1n) is 6.35. The van der Waals surface area contributed by atoms with Crippen molar-refractivity contribution in [2.45, 2.75) is 19.8 Å². The molecular weight excluding hydrogens is 228 g/mol. The molecule has 0 atom stereocenters. The van der Waals surface area contributed by atoms with Crippen LogP contribution in [-0.4, -0.2) is 33.9 Å². The molecule has 102 valence electrons. The SMILES string of the molecule is COc1cc(C)c(CCNCCCN)cc1OC. The minimum Gasteiger partial charge on any atom is -0.493 e. The predicted octanol–water partition coefficient (Wildman–Crippen LogP) is 1.49. The highest BCUT2D eigenvalue weighted by molar-refractivity contribution is 5.47. The second-order valence-electron chi connectivity index (χ2n) is 4.28. The standard InChI is InChI=1S/C14H24N2O2/c1-11-9-13(17-2)14(18-3)10-12(11)5-8-16-7-4-6-15/h9-10,16H,4-8,15H2,1-3H3. The average molecular weight is 252 g/mol. The van der Waals surface area contributed by atoms with Crippen molar-refractivity contribution in [1.82, 2.24) is 5.32 Å². The van der Waals surface area contributed by atoms with Crippen molar-refractivity contribution < 1.29 is 9.47 Å². The Morgan fingerprint density at radius 2 is 1.78 bits per heavy atom. The fourth-order valence-electron chi connectivity index (χ4n) is 1.87. The molecule has 1 aromatic rings. The summed E-state index contributed by atoms with van der Waals surface area (Å²) < 4.78 is 10.6. The Balaban J connectivity index is 2.59. The number of nitrogens with two attached hydrogens (primary N) is 1. The molecule has 0 bridgehead atoms. The van der Waals surface area contributed by atoms with Crippen LogP contribution in [0.4, 0.5) is 0 Å². The maximum absolute atomic E-state index is 5.45. The summed E-state index contributed by atoms with van der Waals surface area (Å²) in [5.41, 5.74) is 7.96. The van der Waals surface area contributed by atoms with Gasteiger partial charge in [0.1, 0.15) is 0 Å². The lowest BCUT2D eigenvalue weighted by molar-refractivity contribution is 0.354. The zero-order chi connectivity index (χ0) is 13.4. The van der Waals surface area contributed by atoms with E-state index in [2.05, 4.69) is 18.3 Å². The van der Waals surface area contributed by atoms with Gasteiger partial charge in [-0.1, -0.05) is 0 Å². The van der Waals surface area contributed by atoms with Gasteiger partial charge >= 0.3 is 0 Å². The topological polar surface area (TPSA) is 56.5 Å². The molecule has 0 aliphatic heterocycles. The van der Waals surface area contributed by atoms with Crippen molar-refractivity contribution in [2.24, 2.45) is 5.73 Å². The molecule has 0 radical (unpaired) electrons. The van der Waals surface area contributed by atoms with Gasteiger partial charge in [0.2, 0.25) is 0 Å². The van der Waals surface area contributed by atoms with Crippen LogP contribution in [0.5, 0.6) is 11.5 Å². The molecule has 0 spiro atoms. The van der Waals surface area contributed by atoms with Crippen LogP contribution >= 0.6 is 0 Å². The van der Waals surface area contributed by atoms with E-state index in [0.29, 0.717) is 0 Å². The first kappa shape index (κ1) is 14.8. The van der Waals surface area contributed by atoms with Gasteiger partial charge in [-0.05, 0) is 62.7 Å². The fraction of sp³-hybridized carbons (Fsp3) is 0.571. The third-order valence-corrected chi connectivity index (χ3v) is 2.97. The van der Waals surface area contributed by atoms with Gasteiger partial charge in [0.05, 0.1) is 14.2 Å². The van der Waals surface area contributed by atoms with Gasteiger partial charge in [0.15, 0.2) is 11.5 Å². The predicted molar refractivity (Wildman–Crippen MR) is 74.5 cm³/mol. The van der Waals surface area contributed by atoms with E-state index < -0.39 is 0 Å². The molecule has 0 saturated heterocycles. The molecule has 0 amide bonds. The van der Waals surface area contributed by atoms with Crippen molar-refractivity contribution in [3.05, 3.63) is 23.3 Å². The highest BCUT2D eigenvalue weighted by Crippen LogP contribution is 2.30. The number of rotatable bonds is 8. The number of aryl methyl sites for hydroxylation is 1. The lowest BCUT2D eigenvalue weighted by atomic mass is 10.0. The van der Waals surface area contributed by atoms with Crippen LogP contribution in [0.2, 0.25) is 0 Å². The molecule has 18 heavy (non-hydrogen) atoms. The van der Waals surface area contributed by atoms with Crippen LogP contribution in [0, 0.1) is 6.92 Å². The monoisotopic (exact) mass is 252 g/mol.